The van der Waals surface area contributed by atoms with Crippen molar-refractivity contribution in [3.63, 3.8) is 0 Å². The minimum absolute atomic E-state index is 0.000455. The van der Waals surface area contributed by atoms with Crippen molar-refractivity contribution in [2.75, 3.05) is 46.1 Å². The van der Waals surface area contributed by atoms with Gasteiger partial charge in [0.05, 0.1) is 38.1 Å². The van der Waals surface area contributed by atoms with Crippen molar-refractivity contribution in [2.45, 2.75) is 57.5 Å². The molecule has 4 aliphatic heterocycles. The lowest BCUT2D eigenvalue weighted by Gasteiger charge is -2.45. The third-order valence-electron chi connectivity index (χ3n) is 6.86. The molecule has 0 aromatic rings. The third kappa shape index (κ3) is 5.50. The zero-order chi connectivity index (χ0) is 25.2. The van der Waals surface area contributed by atoms with Gasteiger partial charge in [0.15, 0.2) is 11.6 Å². The monoisotopic (exact) mass is 495 g/mol. The summed E-state index contributed by atoms with van der Waals surface area (Å²) >= 11 is 0. The van der Waals surface area contributed by atoms with Gasteiger partial charge in [0.1, 0.15) is 0 Å². The van der Waals surface area contributed by atoms with Gasteiger partial charge in [-0.15, -0.1) is 0 Å². The average molecular weight is 496 g/mol. The van der Waals surface area contributed by atoms with Crippen LogP contribution >= 0.6 is 0 Å². The standard InChI is InChI=1S/C25H32F3N3O4/c1-17-15-35-13-11-29(17)19-7-5-8-22-30(24(33)23(19)26)10-9-21(25(2,27)28)31(22)14-20(32)18-6-3-4-12-34-16-18/h5-6,17,21H,3-4,7,9-16H2,1-2H3/b23-19-/t8?,17-,21+/m1/s1. The second-order valence-corrected chi connectivity index (χ2v) is 9.45. The highest BCUT2D eigenvalue weighted by atomic mass is 19.3. The van der Waals surface area contributed by atoms with E-state index in [9.17, 15) is 18.4 Å². The number of ketones is 1. The maximum Gasteiger partial charge on any atom is 0.290 e. The summed E-state index contributed by atoms with van der Waals surface area (Å²) in [5, 5.41) is 0. The van der Waals surface area contributed by atoms with Crippen LogP contribution in [0.1, 0.15) is 39.5 Å². The van der Waals surface area contributed by atoms with E-state index in [1.165, 1.54) is 4.90 Å². The topological polar surface area (TPSA) is 62.3 Å². The molecule has 0 spiro atoms. The molecule has 4 rings (SSSR count). The minimum atomic E-state index is -3.15. The number of rotatable bonds is 5. The minimum Gasteiger partial charge on any atom is -0.377 e. The Bertz CT molecular complexity index is 981. The van der Waals surface area contributed by atoms with Crippen LogP contribution < -0.4 is 0 Å². The number of hydrogen-bond acceptors (Lipinski definition) is 6. The van der Waals surface area contributed by atoms with Crippen LogP contribution in [0.5, 0.6) is 0 Å². The molecule has 4 heterocycles. The summed E-state index contributed by atoms with van der Waals surface area (Å²) in [7, 11) is 0. The average Bonchev–Trinajstić information content (AvgIpc) is 3.10. The summed E-state index contributed by atoms with van der Waals surface area (Å²) in [6.45, 7) is 4.15. The van der Waals surface area contributed by atoms with Crippen LogP contribution in [0.3, 0.4) is 0 Å². The molecule has 0 aromatic carbocycles. The number of carbonyl (C=O) groups is 2. The van der Waals surface area contributed by atoms with Gasteiger partial charge in [0.25, 0.3) is 11.8 Å². The fourth-order valence-electron chi connectivity index (χ4n) is 4.98. The van der Waals surface area contributed by atoms with Crippen LogP contribution in [-0.4, -0.2) is 90.5 Å². The van der Waals surface area contributed by atoms with E-state index in [4.69, 9.17) is 9.47 Å². The SMILES string of the molecule is C[C@@H]1COCCN1/C1=C(\F)C(=O)N2CC[C@@H](C(C)(F)F)N(CC(=O)C3=CCCCOC3)C2=C=CC1. The van der Waals surface area contributed by atoms with Gasteiger partial charge in [-0.25, -0.2) is 8.78 Å². The molecule has 192 valence electrons. The molecule has 1 amide bonds. The predicted octanol–water partition coefficient (Wildman–Crippen LogP) is 3.15. The van der Waals surface area contributed by atoms with E-state index in [-0.39, 0.29) is 55.9 Å². The Morgan fingerprint density at radius 1 is 1.26 bits per heavy atom. The van der Waals surface area contributed by atoms with E-state index < -0.39 is 23.7 Å². The van der Waals surface area contributed by atoms with E-state index in [0.29, 0.717) is 38.4 Å². The molecule has 2 atom stereocenters. The van der Waals surface area contributed by atoms with Gasteiger partial charge in [-0.1, -0.05) is 11.8 Å². The largest absolute Gasteiger partial charge is 0.377 e. The fraction of sp³-hybridized carbons (Fsp3) is 0.640. The number of ether oxygens (including phenoxy) is 2. The number of amides is 1. The normalized spacial score (nSPS) is 28.6. The highest BCUT2D eigenvalue weighted by Gasteiger charge is 2.46. The zero-order valence-corrected chi connectivity index (χ0v) is 20.2. The molecule has 0 N–H and O–H groups in total. The van der Waals surface area contributed by atoms with Crippen LogP contribution in [-0.2, 0) is 19.1 Å². The first kappa shape index (κ1) is 25.5. The van der Waals surface area contributed by atoms with Crippen molar-refractivity contribution in [3.8, 4) is 0 Å². The molecule has 2 fully saturated rings. The maximum atomic E-state index is 15.6. The second-order valence-electron chi connectivity index (χ2n) is 9.45. The zero-order valence-electron chi connectivity index (χ0n) is 20.2. The molecular formula is C25H32F3N3O4. The number of morpholine rings is 1. The quantitative estimate of drug-likeness (QED) is 0.547. The van der Waals surface area contributed by atoms with Crippen LogP contribution in [0.2, 0.25) is 0 Å². The number of nitrogens with zero attached hydrogens (tertiary/aromatic N) is 3. The van der Waals surface area contributed by atoms with Gasteiger partial charge in [-0.2, -0.15) is 4.39 Å². The van der Waals surface area contributed by atoms with Gasteiger partial charge in [-0.3, -0.25) is 14.5 Å². The van der Waals surface area contributed by atoms with Crippen molar-refractivity contribution < 1.29 is 32.2 Å². The Morgan fingerprint density at radius 2 is 2.06 bits per heavy atom. The molecule has 2 saturated heterocycles. The molecule has 7 nitrogen and oxygen atoms in total. The Morgan fingerprint density at radius 3 is 2.80 bits per heavy atom. The lowest BCUT2D eigenvalue weighted by molar-refractivity contribution is -0.137. The van der Waals surface area contributed by atoms with Crippen LogP contribution in [0.25, 0.3) is 0 Å². The summed E-state index contributed by atoms with van der Waals surface area (Å²) < 4.78 is 55.7. The molecule has 35 heavy (non-hydrogen) atoms. The molecule has 4 aliphatic rings. The van der Waals surface area contributed by atoms with Gasteiger partial charge in [-0.05, 0) is 32.3 Å². The Balaban J connectivity index is 1.67. The lowest BCUT2D eigenvalue weighted by atomic mass is 9.99. The van der Waals surface area contributed by atoms with Crippen LogP contribution in [0, 0.1) is 0 Å². The molecule has 10 heteroatoms. The number of halogens is 3. The summed E-state index contributed by atoms with van der Waals surface area (Å²) in [5.74, 6) is -5.32. The number of carbonyl (C=O) groups excluding carboxylic acids is 2. The Labute approximate surface area is 203 Å². The van der Waals surface area contributed by atoms with Crippen LogP contribution in [0.4, 0.5) is 13.2 Å². The summed E-state index contributed by atoms with van der Waals surface area (Å²) in [5.41, 5.74) is 3.62. The highest BCUT2D eigenvalue weighted by molar-refractivity contribution is 5.97. The first-order valence-electron chi connectivity index (χ1n) is 12.1. The predicted molar refractivity (Wildman–Crippen MR) is 122 cm³/mol. The van der Waals surface area contributed by atoms with E-state index in [0.717, 1.165) is 18.2 Å². The first-order chi connectivity index (χ1) is 16.7. The van der Waals surface area contributed by atoms with Crippen molar-refractivity contribution in [2.24, 2.45) is 0 Å². The molecule has 0 saturated carbocycles. The Hall–Kier alpha value is -2.55. The number of hydrogen-bond donors (Lipinski definition) is 0. The van der Waals surface area contributed by atoms with Gasteiger partial charge < -0.3 is 19.3 Å². The van der Waals surface area contributed by atoms with Crippen molar-refractivity contribution >= 4 is 11.7 Å². The van der Waals surface area contributed by atoms with Gasteiger partial charge in [0.2, 0.25) is 5.83 Å². The summed E-state index contributed by atoms with van der Waals surface area (Å²) in [6, 6.07) is -1.44. The number of alkyl halides is 2. The molecule has 0 aromatic heterocycles. The smallest absolute Gasteiger partial charge is 0.290 e. The van der Waals surface area contributed by atoms with E-state index in [2.05, 4.69) is 5.73 Å². The maximum absolute atomic E-state index is 15.6. The van der Waals surface area contributed by atoms with E-state index in [1.807, 2.05) is 11.8 Å². The van der Waals surface area contributed by atoms with E-state index in [1.54, 1.807) is 12.2 Å². The molecule has 0 unspecified atom stereocenters. The van der Waals surface area contributed by atoms with Crippen LogP contribution in [0.15, 0.2) is 40.8 Å². The molecule has 0 bridgehead atoms. The molecule has 0 aliphatic carbocycles. The van der Waals surface area contributed by atoms with Crippen molar-refractivity contribution in [1.29, 1.82) is 0 Å². The molecular weight excluding hydrogens is 463 g/mol. The number of allylic oxidation sites excluding steroid dienone is 2. The highest BCUT2D eigenvalue weighted by Crippen LogP contribution is 2.35. The summed E-state index contributed by atoms with van der Waals surface area (Å²) in [4.78, 5) is 30.5. The number of Topliss-reactive ketones (excluding diaryl/α,β-unsaturated/α-hetero) is 1. The Kier molecular flexibility index (Phi) is 7.73. The van der Waals surface area contributed by atoms with Crippen molar-refractivity contribution in [3.05, 3.63) is 40.8 Å². The van der Waals surface area contributed by atoms with Gasteiger partial charge in [0, 0.05) is 44.7 Å². The third-order valence-corrected chi connectivity index (χ3v) is 6.86. The van der Waals surface area contributed by atoms with Gasteiger partial charge >= 0.3 is 0 Å². The van der Waals surface area contributed by atoms with Crippen molar-refractivity contribution in [1.82, 2.24) is 14.7 Å². The number of fused-ring (bicyclic) bond motifs is 1. The second kappa shape index (κ2) is 10.6. The molecule has 0 radical (unpaired) electrons. The lowest BCUT2D eigenvalue weighted by Crippen LogP contribution is -2.57. The summed E-state index contributed by atoms with van der Waals surface area (Å²) in [6.07, 6.45) is 4.74. The van der Waals surface area contributed by atoms with E-state index >= 15 is 4.39 Å². The fourth-order valence-corrected chi connectivity index (χ4v) is 4.98. The first-order valence-corrected chi connectivity index (χ1v) is 12.1.